The van der Waals surface area contributed by atoms with Gasteiger partial charge in [-0.25, -0.2) is 4.39 Å². The van der Waals surface area contributed by atoms with E-state index in [-0.39, 0.29) is 29.4 Å². The molecule has 0 aliphatic carbocycles. The quantitative estimate of drug-likeness (QED) is 0.540. The summed E-state index contributed by atoms with van der Waals surface area (Å²) in [6.07, 6.45) is 0.518. The van der Waals surface area contributed by atoms with E-state index in [1.54, 1.807) is 12.1 Å². The third-order valence-electron chi connectivity index (χ3n) is 3.70. The zero-order chi connectivity index (χ0) is 19.8. The van der Waals surface area contributed by atoms with Crippen LogP contribution in [0.4, 0.5) is 10.1 Å². The Kier molecular flexibility index (Phi) is 6.81. The lowest BCUT2D eigenvalue weighted by atomic mass is 10.1. The van der Waals surface area contributed by atoms with E-state index in [1.807, 2.05) is 0 Å². The summed E-state index contributed by atoms with van der Waals surface area (Å²) in [5, 5.41) is 16.0. The van der Waals surface area contributed by atoms with Crippen LogP contribution in [0.25, 0.3) is 0 Å². The number of nitrogens with one attached hydrogen (secondary N) is 2. The summed E-state index contributed by atoms with van der Waals surface area (Å²) in [7, 11) is 1.29. The minimum Gasteiger partial charge on any atom is -0.490 e. The highest BCUT2D eigenvalue weighted by Gasteiger charge is 2.18. The van der Waals surface area contributed by atoms with Gasteiger partial charge in [0, 0.05) is 18.2 Å². The van der Waals surface area contributed by atoms with Crippen molar-refractivity contribution in [1.82, 2.24) is 10.6 Å². The molecule has 2 aromatic carbocycles. The molecule has 0 saturated heterocycles. The molecule has 0 aromatic heterocycles. The molecule has 2 aromatic rings. The topological polar surface area (TPSA) is 111 Å². The monoisotopic (exact) mass is 375 g/mol. The van der Waals surface area contributed by atoms with Gasteiger partial charge in [0.2, 0.25) is 5.91 Å². The van der Waals surface area contributed by atoms with E-state index < -0.39 is 16.7 Å². The Morgan fingerprint density at radius 1 is 1.15 bits per heavy atom. The summed E-state index contributed by atoms with van der Waals surface area (Å²) in [5.74, 6) is -1.32. The van der Waals surface area contributed by atoms with E-state index in [9.17, 15) is 24.1 Å². The second kappa shape index (κ2) is 9.27. The third kappa shape index (κ3) is 5.77. The molecular formula is C18H18FN3O5. The van der Waals surface area contributed by atoms with Crippen molar-refractivity contribution in [2.24, 2.45) is 0 Å². The summed E-state index contributed by atoms with van der Waals surface area (Å²) in [6.45, 7) is 0.0520. The highest BCUT2D eigenvalue weighted by atomic mass is 19.1. The van der Waals surface area contributed by atoms with Gasteiger partial charge in [-0.05, 0) is 36.2 Å². The van der Waals surface area contributed by atoms with Crippen molar-refractivity contribution < 1.29 is 23.6 Å². The summed E-state index contributed by atoms with van der Waals surface area (Å²) < 4.78 is 17.7. The van der Waals surface area contributed by atoms with E-state index in [1.165, 1.54) is 31.4 Å². The Hall–Kier alpha value is -3.49. The standard InChI is InChI=1S/C18H18FN3O5/c1-27-16-7-4-13(10-15(16)22(25)26)18(24)21-11-17(23)20-9-8-12-2-5-14(19)6-3-12/h2-7,10H,8-9,11H2,1H3,(H,20,23)(H,21,24). The first-order chi connectivity index (χ1) is 12.9. The number of benzene rings is 2. The highest BCUT2D eigenvalue weighted by Crippen LogP contribution is 2.27. The first kappa shape index (κ1) is 19.8. The van der Waals surface area contributed by atoms with Crippen molar-refractivity contribution in [3.8, 4) is 5.75 Å². The summed E-state index contributed by atoms with van der Waals surface area (Å²) >= 11 is 0. The number of carbonyl (C=O) groups is 2. The maximum atomic E-state index is 12.8. The number of nitro benzene ring substituents is 1. The average Bonchev–Trinajstić information content (AvgIpc) is 2.67. The number of carbonyl (C=O) groups excluding carboxylic acids is 2. The third-order valence-corrected chi connectivity index (χ3v) is 3.70. The predicted octanol–water partition coefficient (Wildman–Crippen LogP) is 1.83. The van der Waals surface area contributed by atoms with Crippen molar-refractivity contribution >= 4 is 17.5 Å². The minimum absolute atomic E-state index is 0.0371. The average molecular weight is 375 g/mol. The molecule has 0 saturated carbocycles. The molecule has 0 aliphatic heterocycles. The highest BCUT2D eigenvalue weighted by molar-refractivity contribution is 5.97. The molecule has 0 spiro atoms. The van der Waals surface area contributed by atoms with Gasteiger partial charge in [0.15, 0.2) is 5.75 Å². The van der Waals surface area contributed by atoms with E-state index in [2.05, 4.69) is 10.6 Å². The van der Waals surface area contributed by atoms with Crippen LogP contribution < -0.4 is 15.4 Å². The maximum absolute atomic E-state index is 12.8. The Bertz CT molecular complexity index is 839. The molecule has 0 heterocycles. The van der Waals surface area contributed by atoms with Gasteiger partial charge in [-0.15, -0.1) is 0 Å². The molecular weight excluding hydrogens is 357 g/mol. The molecule has 8 nitrogen and oxygen atoms in total. The van der Waals surface area contributed by atoms with E-state index in [0.717, 1.165) is 11.6 Å². The summed E-state index contributed by atoms with van der Waals surface area (Å²) in [6, 6.07) is 9.69. The Morgan fingerprint density at radius 3 is 2.48 bits per heavy atom. The maximum Gasteiger partial charge on any atom is 0.311 e. The van der Waals surface area contributed by atoms with E-state index in [0.29, 0.717) is 13.0 Å². The molecule has 142 valence electrons. The number of ether oxygens (including phenoxy) is 1. The number of amides is 2. The smallest absolute Gasteiger partial charge is 0.311 e. The van der Waals surface area contributed by atoms with Crippen molar-refractivity contribution in [3.05, 3.63) is 69.5 Å². The van der Waals surface area contributed by atoms with Crippen LogP contribution in [-0.2, 0) is 11.2 Å². The largest absolute Gasteiger partial charge is 0.490 e. The summed E-state index contributed by atoms with van der Waals surface area (Å²) in [5.41, 5.74) is 0.571. The normalized spacial score (nSPS) is 10.1. The first-order valence-corrected chi connectivity index (χ1v) is 8.02. The number of hydrogen-bond donors (Lipinski definition) is 2. The van der Waals surface area contributed by atoms with Crippen molar-refractivity contribution in [2.45, 2.75) is 6.42 Å². The van der Waals surface area contributed by atoms with Crippen LogP contribution in [0.1, 0.15) is 15.9 Å². The predicted molar refractivity (Wildman–Crippen MR) is 95.1 cm³/mol. The van der Waals surface area contributed by atoms with Crippen molar-refractivity contribution in [2.75, 3.05) is 20.2 Å². The van der Waals surface area contributed by atoms with Gasteiger partial charge in [-0.3, -0.25) is 19.7 Å². The number of rotatable bonds is 8. The van der Waals surface area contributed by atoms with Gasteiger partial charge in [-0.1, -0.05) is 12.1 Å². The molecule has 0 fully saturated rings. The minimum atomic E-state index is -0.655. The van der Waals surface area contributed by atoms with Crippen LogP contribution in [0.3, 0.4) is 0 Å². The van der Waals surface area contributed by atoms with Crippen molar-refractivity contribution in [1.29, 1.82) is 0 Å². The number of hydrogen-bond acceptors (Lipinski definition) is 5. The van der Waals surface area contributed by atoms with Crippen LogP contribution in [-0.4, -0.2) is 36.9 Å². The fourth-order valence-electron chi connectivity index (χ4n) is 2.30. The lowest BCUT2D eigenvalue weighted by Crippen LogP contribution is -2.37. The number of halogens is 1. The second-order valence-corrected chi connectivity index (χ2v) is 5.55. The van der Waals surface area contributed by atoms with Crippen LogP contribution in [0, 0.1) is 15.9 Å². The number of nitro groups is 1. The fraction of sp³-hybridized carbons (Fsp3) is 0.222. The van der Waals surface area contributed by atoms with Gasteiger partial charge >= 0.3 is 5.69 Å². The van der Waals surface area contributed by atoms with Crippen molar-refractivity contribution in [3.63, 3.8) is 0 Å². The number of methoxy groups -OCH3 is 1. The van der Waals surface area contributed by atoms with Crippen LogP contribution in [0.15, 0.2) is 42.5 Å². The van der Waals surface area contributed by atoms with Crippen LogP contribution >= 0.6 is 0 Å². The lowest BCUT2D eigenvalue weighted by molar-refractivity contribution is -0.385. The molecule has 9 heteroatoms. The van der Waals surface area contributed by atoms with E-state index >= 15 is 0 Å². The van der Waals surface area contributed by atoms with Crippen LogP contribution in [0.5, 0.6) is 5.75 Å². The zero-order valence-corrected chi connectivity index (χ0v) is 14.5. The molecule has 0 aliphatic rings. The van der Waals surface area contributed by atoms with Gasteiger partial charge in [0.1, 0.15) is 5.82 Å². The molecule has 0 atom stereocenters. The number of nitrogens with zero attached hydrogens (tertiary/aromatic N) is 1. The summed E-state index contributed by atoms with van der Waals surface area (Å²) in [4.78, 5) is 34.2. The first-order valence-electron chi connectivity index (χ1n) is 8.02. The second-order valence-electron chi connectivity index (χ2n) is 5.55. The zero-order valence-electron chi connectivity index (χ0n) is 14.5. The van der Waals surface area contributed by atoms with Gasteiger partial charge < -0.3 is 15.4 Å². The van der Waals surface area contributed by atoms with Gasteiger partial charge in [0.05, 0.1) is 18.6 Å². The fourth-order valence-corrected chi connectivity index (χ4v) is 2.30. The van der Waals surface area contributed by atoms with Gasteiger partial charge in [-0.2, -0.15) is 0 Å². The molecule has 27 heavy (non-hydrogen) atoms. The van der Waals surface area contributed by atoms with Gasteiger partial charge in [0.25, 0.3) is 5.91 Å². The Morgan fingerprint density at radius 2 is 1.85 bits per heavy atom. The Balaban J connectivity index is 1.82. The SMILES string of the molecule is COc1ccc(C(=O)NCC(=O)NCCc2ccc(F)cc2)cc1[N+](=O)[O-]. The van der Waals surface area contributed by atoms with E-state index in [4.69, 9.17) is 4.74 Å². The molecule has 0 unspecified atom stereocenters. The molecule has 2 amide bonds. The molecule has 0 radical (unpaired) electrons. The van der Waals surface area contributed by atoms with Crippen LogP contribution in [0.2, 0.25) is 0 Å². The molecule has 0 bridgehead atoms. The lowest BCUT2D eigenvalue weighted by Gasteiger charge is -2.08. The molecule has 2 N–H and O–H groups in total. The Labute approximate surface area is 154 Å². The molecule has 2 rings (SSSR count).